The number of nitrogens with one attached hydrogen (secondary N) is 1. The molecule has 1 unspecified atom stereocenters. The van der Waals surface area contributed by atoms with Gasteiger partial charge in [0.05, 0.1) is 35.5 Å². The number of carbonyl (C=O) groups excluding carboxylic acids is 1. The van der Waals surface area contributed by atoms with Crippen LogP contribution in [-0.4, -0.2) is 53.9 Å². The van der Waals surface area contributed by atoms with Crippen LogP contribution in [-0.2, 0) is 11.8 Å². The van der Waals surface area contributed by atoms with Gasteiger partial charge in [-0.25, -0.2) is 14.5 Å². The Kier molecular flexibility index (Phi) is 6.45. The lowest BCUT2D eigenvalue weighted by Crippen LogP contribution is -2.56. The van der Waals surface area contributed by atoms with Gasteiger partial charge in [-0.3, -0.25) is 9.48 Å². The highest BCUT2D eigenvalue weighted by atomic mass is 35.5. The van der Waals surface area contributed by atoms with Crippen LogP contribution in [0.1, 0.15) is 32.3 Å². The van der Waals surface area contributed by atoms with Crippen molar-refractivity contribution >= 4 is 29.6 Å². The summed E-state index contributed by atoms with van der Waals surface area (Å²) in [5, 5.41) is 21.3. The standard InChI is InChI=1S/C24H25N9O.ClH/c1-16(34)30-24(2)7-4-8-32(15-24)21-6-5-17(10-26-21)22-23-18(9-25)11-28-33(23)14-20(29-22)19-12-27-31(3)13-19;/h5-6,10-14H,4,7-8,15H2,1-3H3,(H,30,34);1H. The second-order valence-corrected chi connectivity index (χ2v) is 9.01. The Morgan fingerprint density at radius 2 is 2.00 bits per heavy atom. The number of aryl methyl sites for hydroxylation is 1. The van der Waals surface area contributed by atoms with Crippen molar-refractivity contribution in [2.24, 2.45) is 7.05 Å². The van der Waals surface area contributed by atoms with E-state index in [1.165, 1.54) is 0 Å². The van der Waals surface area contributed by atoms with Gasteiger partial charge in [0, 0.05) is 50.6 Å². The van der Waals surface area contributed by atoms with Gasteiger partial charge in [0.25, 0.3) is 0 Å². The maximum absolute atomic E-state index is 11.6. The third-order valence-corrected chi connectivity index (χ3v) is 6.14. The SMILES string of the molecule is CC(=O)NC1(C)CCCN(c2ccc(-c3nc(-c4cnn(C)c4)cn4ncc(C#N)c34)cn2)C1.Cl. The molecule has 1 aliphatic heterocycles. The fraction of sp³-hybridized carbons (Fsp3) is 0.333. The molecule has 1 atom stereocenters. The van der Waals surface area contributed by atoms with Gasteiger partial charge >= 0.3 is 0 Å². The molecule has 1 amide bonds. The summed E-state index contributed by atoms with van der Waals surface area (Å²) in [7, 11) is 1.85. The first kappa shape index (κ1) is 24.2. The van der Waals surface area contributed by atoms with Gasteiger partial charge < -0.3 is 10.2 Å². The summed E-state index contributed by atoms with van der Waals surface area (Å²) in [6, 6.07) is 6.14. The molecule has 0 spiro atoms. The number of piperidine rings is 1. The summed E-state index contributed by atoms with van der Waals surface area (Å²) in [5.74, 6) is 0.818. The highest BCUT2D eigenvalue weighted by Gasteiger charge is 2.32. The molecule has 4 aromatic rings. The first-order valence-electron chi connectivity index (χ1n) is 11.1. The smallest absolute Gasteiger partial charge is 0.217 e. The van der Waals surface area contributed by atoms with Crippen LogP contribution < -0.4 is 10.2 Å². The lowest BCUT2D eigenvalue weighted by atomic mass is 9.91. The second kappa shape index (κ2) is 9.35. The van der Waals surface area contributed by atoms with Crippen molar-refractivity contribution < 1.29 is 4.79 Å². The quantitative estimate of drug-likeness (QED) is 0.466. The number of aromatic nitrogens is 6. The van der Waals surface area contributed by atoms with Gasteiger partial charge in [-0.1, -0.05) is 0 Å². The average molecular weight is 492 g/mol. The van der Waals surface area contributed by atoms with Crippen LogP contribution in [0, 0.1) is 11.3 Å². The third-order valence-electron chi connectivity index (χ3n) is 6.14. The zero-order valence-corrected chi connectivity index (χ0v) is 20.6. The Bertz CT molecular complexity index is 1420. The highest BCUT2D eigenvalue weighted by molar-refractivity contribution is 5.85. The number of hydrogen-bond acceptors (Lipinski definition) is 7. The molecule has 10 nitrogen and oxygen atoms in total. The minimum absolute atomic E-state index is 0. The first-order valence-corrected chi connectivity index (χ1v) is 11.1. The molecule has 5 rings (SSSR count). The number of pyridine rings is 1. The molecule has 180 valence electrons. The Morgan fingerprint density at radius 3 is 2.66 bits per heavy atom. The monoisotopic (exact) mass is 491 g/mol. The minimum atomic E-state index is -0.282. The van der Waals surface area contributed by atoms with Crippen molar-refractivity contribution in [2.45, 2.75) is 32.2 Å². The number of nitriles is 1. The summed E-state index contributed by atoms with van der Waals surface area (Å²) < 4.78 is 3.40. The first-order chi connectivity index (χ1) is 16.3. The van der Waals surface area contributed by atoms with E-state index >= 15 is 0 Å². The summed E-state index contributed by atoms with van der Waals surface area (Å²) >= 11 is 0. The maximum Gasteiger partial charge on any atom is 0.217 e. The molecule has 4 aromatic heterocycles. The zero-order valence-electron chi connectivity index (χ0n) is 19.8. The number of carbonyl (C=O) groups is 1. The van der Waals surface area contributed by atoms with Crippen LogP contribution >= 0.6 is 12.4 Å². The van der Waals surface area contributed by atoms with Crippen molar-refractivity contribution in [3.05, 3.63) is 48.7 Å². The van der Waals surface area contributed by atoms with Crippen LogP contribution in [0.2, 0.25) is 0 Å². The van der Waals surface area contributed by atoms with Crippen molar-refractivity contribution in [1.82, 2.24) is 34.7 Å². The van der Waals surface area contributed by atoms with Gasteiger partial charge in [-0.2, -0.15) is 15.5 Å². The number of nitrogens with zero attached hydrogens (tertiary/aromatic N) is 8. The van der Waals surface area contributed by atoms with Crippen molar-refractivity contribution in [2.75, 3.05) is 18.0 Å². The Labute approximate surface area is 209 Å². The topological polar surface area (TPSA) is 117 Å². The minimum Gasteiger partial charge on any atom is -0.354 e. The molecule has 1 N–H and O–H groups in total. The van der Waals surface area contributed by atoms with Crippen LogP contribution in [0.4, 0.5) is 5.82 Å². The molecule has 1 aliphatic rings. The highest BCUT2D eigenvalue weighted by Crippen LogP contribution is 2.30. The molecule has 0 bridgehead atoms. The van der Waals surface area contributed by atoms with E-state index in [4.69, 9.17) is 9.97 Å². The summed E-state index contributed by atoms with van der Waals surface area (Å²) in [5.41, 5.74) is 3.79. The van der Waals surface area contributed by atoms with E-state index in [1.54, 1.807) is 40.9 Å². The predicted octanol–water partition coefficient (Wildman–Crippen LogP) is 2.98. The van der Waals surface area contributed by atoms with Gasteiger partial charge in [-0.05, 0) is 31.9 Å². The van der Waals surface area contributed by atoms with E-state index in [0.717, 1.165) is 36.3 Å². The molecule has 35 heavy (non-hydrogen) atoms. The molecule has 1 saturated heterocycles. The van der Waals surface area contributed by atoms with E-state index in [0.29, 0.717) is 29.0 Å². The van der Waals surface area contributed by atoms with Crippen molar-refractivity contribution in [3.8, 4) is 28.6 Å². The Hall–Kier alpha value is -3.97. The molecular formula is C24H26ClN9O. The van der Waals surface area contributed by atoms with E-state index in [-0.39, 0.29) is 23.9 Å². The summed E-state index contributed by atoms with van der Waals surface area (Å²) in [4.78, 5) is 23.4. The molecule has 0 aromatic carbocycles. The lowest BCUT2D eigenvalue weighted by molar-refractivity contribution is -0.120. The normalized spacial score (nSPS) is 17.6. The largest absolute Gasteiger partial charge is 0.354 e. The van der Waals surface area contributed by atoms with E-state index < -0.39 is 0 Å². The average Bonchev–Trinajstić information content (AvgIpc) is 3.43. The van der Waals surface area contributed by atoms with Crippen LogP contribution in [0.15, 0.2) is 43.1 Å². The molecule has 0 aliphatic carbocycles. The lowest BCUT2D eigenvalue weighted by Gasteiger charge is -2.41. The third kappa shape index (κ3) is 4.68. The van der Waals surface area contributed by atoms with Gasteiger partial charge in [0.1, 0.15) is 23.0 Å². The summed E-state index contributed by atoms with van der Waals surface area (Å²) in [6.07, 6.45) is 10.7. The Morgan fingerprint density at radius 1 is 1.17 bits per heavy atom. The van der Waals surface area contributed by atoms with Crippen LogP contribution in [0.5, 0.6) is 0 Å². The zero-order chi connectivity index (χ0) is 23.9. The molecule has 1 fully saturated rings. The number of rotatable bonds is 4. The number of anilines is 1. The molecule has 11 heteroatoms. The van der Waals surface area contributed by atoms with Gasteiger partial charge in [-0.15, -0.1) is 12.4 Å². The fourth-order valence-electron chi connectivity index (χ4n) is 4.67. The molecule has 0 radical (unpaired) electrons. The van der Waals surface area contributed by atoms with Gasteiger partial charge in [0.15, 0.2) is 0 Å². The van der Waals surface area contributed by atoms with Crippen molar-refractivity contribution in [1.29, 1.82) is 5.26 Å². The molecular weight excluding hydrogens is 466 g/mol. The van der Waals surface area contributed by atoms with E-state index in [2.05, 4.69) is 33.4 Å². The number of hydrogen-bond donors (Lipinski definition) is 1. The van der Waals surface area contributed by atoms with Crippen LogP contribution in [0.3, 0.4) is 0 Å². The van der Waals surface area contributed by atoms with E-state index in [1.807, 2.05) is 25.4 Å². The van der Waals surface area contributed by atoms with Crippen LogP contribution in [0.25, 0.3) is 28.0 Å². The maximum atomic E-state index is 11.6. The second-order valence-electron chi connectivity index (χ2n) is 9.01. The van der Waals surface area contributed by atoms with Crippen molar-refractivity contribution in [3.63, 3.8) is 0 Å². The predicted molar refractivity (Wildman–Crippen MR) is 134 cm³/mol. The number of amides is 1. The molecule has 5 heterocycles. The Balaban J connectivity index is 0.00000289. The number of fused-ring (bicyclic) bond motifs is 1. The summed E-state index contributed by atoms with van der Waals surface area (Å²) in [6.45, 7) is 5.19. The number of halogens is 1. The fourth-order valence-corrected chi connectivity index (χ4v) is 4.67. The van der Waals surface area contributed by atoms with Gasteiger partial charge in [0.2, 0.25) is 5.91 Å². The van der Waals surface area contributed by atoms with E-state index in [9.17, 15) is 10.1 Å². The molecule has 0 saturated carbocycles.